The number of amides is 1. The Balaban J connectivity index is 1.81. The molecule has 1 aliphatic rings. The molecule has 1 amide bonds. The summed E-state index contributed by atoms with van der Waals surface area (Å²) in [6.07, 6.45) is 5.60. The van der Waals surface area contributed by atoms with Crippen LogP contribution in [-0.4, -0.2) is 10.9 Å². The number of hydrogen-bond donors (Lipinski definition) is 3. The van der Waals surface area contributed by atoms with Gasteiger partial charge in [-0.05, 0) is 37.5 Å². The first kappa shape index (κ1) is 14.3. The lowest BCUT2D eigenvalue weighted by Gasteiger charge is -2.20. The van der Waals surface area contributed by atoms with Gasteiger partial charge < -0.3 is 5.32 Å². The van der Waals surface area contributed by atoms with Crippen LogP contribution in [0.25, 0.3) is 10.2 Å². The SMILES string of the molecule is Cc1cc(NC(=O)C2CCCCC2)cc2sc(NN)nc12. The fourth-order valence-electron chi connectivity index (χ4n) is 2.94. The van der Waals surface area contributed by atoms with Gasteiger partial charge in [-0.25, -0.2) is 10.8 Å². The maximum Gasteiger partial charge on any atom is 0.227 e. The van der Waals surface area contributed by atoms with Crippen LogP contribution in [0.2, 0.25) is 0 Å². The van der Waals surface area contributed by atoms with E-state index in [9.17, 15) is 4.79 Å². The summed E-state index contributed by atoms with van der Waals surface area (Å²) < 4.78 is 1.03. The van der Waals surface area contributed by atoms with Crippen LogP contribution in [0, 0.1) is 12.8 Å². The molecule has 0 radical (unpaired) electrons. The summed E-state index contributed by atoms with van der Waals surface area (Å²) in [7, 11) is 0. The molecule has 1 fully saturated rings. The summed E-state index contributed by atoms with van der Waals surface area (Å²) in [5.41, 5.74) is 5.40. The van der Waals surface area contributed by atoms with Crippen LogP contribution in [0.1, 0.15) is 37.7 Å². The van der Waals surface area contributed by atoms with Crippen LogP contribution in [-0.2, 0) is 4.79 Å². The maximum absolute atomic E-state index is 12.3. The first-order valence-electron chi connectivity index (χ1n) is 7.36. The molecule has 21 heavy (non-hydrogen) atoms. The van der Waals surface area contributed by atoms with Crippen molar-refractivity contribution in [2.24, 2.45) is 11.8 Å². The first-order chi connectivity index (χ1) is 10.2. The lowest BCUT2D eigenvalue weighted by atomic mass is 9.88. The number of benzene rings is 1. The van der Waals surface area contributed by atoms with Gasteiger partial charge in [-0.3, -0.25) is 10.2 Å². The number of thiazole rings is 1. The fourth-order valence-corrected chi connectivity index (χ4v) is 3.83. The standard InChI is InChI=1S/C15H20N4OS/c1-9-7-11(8-12-13(9)18-15(19-16)21-12)17-14(20)10-5-3-2-4-6-10/h7-8,10H,2-6,16H2,1H3,(H,17,20)(H,18,19). The van der Waals surface area contributed by atoms with Crippen LogP contribution in [0.4, 0.5) is 10.8 Å². The Bertz CT molecular complexity index is 661. The molecule has 1 aliphatic carbocycles. The largest absolute Gasteiger partial charge is 0.326 e. The molecule has 6 heteroatoms. The molecular formula is C15H20N4OS. The number of fused-ring (bicyclic) bond motifs is 1. The molecule has 0 atom stereocenters. The number of aryl methyl sites for hydroxylation is 1. The Morgan fingerprint density at radius 3 is 2.81 bits per heavy atom. The van der Waals surface area contributed by atoms with Gasteiger partial charge in [0.25, 0.3) is 0 Å². The summed E-state index contributed by atoms with van der Waals surface area (Å²) >= 11 is 1.49. The van der Waals surface area contributed by atoms with Crippen molar-refractivity contribution in [3.05, 3.63) is 17.7 Å². The molecule has 5 nitrogen and oxygen atoms in total. The van der Waals surface area contributed by atoms with Gasteiger partial charge in [0, 0.05) is 11.6 Å². The average Bonchev–Trinajstić information content (AvgIpc) is 2.92. The maximum atomic E-state index is 12.3. The van der Waals surface area contributed by atoms with Crippen LogP contribution in [0.3, 0.4) is 0 Å². The van der Waals surface area contributed by atoms with Crippen molar-refractivity contribution in [1.82, 2.24) is 4.98 Å². The van der Waals surface area contributed by atoms with E-state index in [0.29, 0.717) is 5.13 Å². The minimum Gasteiger partial charge on any atom is -0.326 e. The van der Waals surface area contributed by atoms with Gasteiger partial charge in [-0.2, -0.15) is 0 Å². The summed E-state index contributed by atoms with van der Waals surface area (Å²) in [6.45, 7) is 2.00. The van der Waals surface area contributed by atoms with Crippen molar-refractivity contribution in [2.45, 2.75) is 39.0 Å². The van der Waals surface area contributed by atoms with Gasteiger partial charge >= 0.3 is 0 Å². The van der Waals surface area contributed by atoms with Crippen LogP contribution >= 0.6 is 11.3 Å². The Morgan fingerprint density at radius 1 is 1.33 bits per heavy atom. The molecule has 4 N–H and O–H groups in total. The van der Waals surface area contributed by atoms with E-state index in [-0.39, 0.29) is 11.8 Å². The molecule has 1 saturated carbocycles. The second-order valence-corrected chi connectivity index (χ2v) is 6.66. The van der Waals surface area contributed by atoms with Gasteiger partial charge in [-0.15, -0.1) is 0 Å². The van der Waals surface area contributed by atoms with Gasteiger partial charge in [0.05, 0.1) is 10.2 Å². The molecular weight excluding hydrogens is 284 g/mol. The second-order valence-electron chi connectivity index (χ2n) is 5.63. The molecule has 2 aromatic rings. The van der Waals surface area contributed by atoms with E-state index >= 15 is 0 Å². The normalized spacial score (nSPS) is 16.1. The lowest BCUT2D eigenvalue weighted by Crippen LogP contribution is -2.24. The molecule has 1 aromatic carbocycles. The van der Waals surface area contributed by atoms with Crippen molar-refractivity contribution in [2.75, 3.05) is 10.7 Å². The smallest absolute Gasteiger partial charge is 0.227 e. The number of nitrogen functional groups attached to an aromatic ring is 1. The quantitative estimate of drug-likeness (QED) is 0.599. The highest BCUT2D eigenvalue weighted by Gasteiger charge is 2.21. The number of carbonyl (C=O) groups is 1. The average molecular weight is 304 g/mol. The number of nitrogens with two attached hydrogens (primary N) is 1. The zero-order valence-electron chi connectivity index (χ0n) is 12.1. The van der Waals surface area contributed by atoms with Gasteiger partial charge in [0.1, 0.15) is 0 Å². The van der Waals surface area contributed by atoms with Gasteiger partial charge in [-0.1, -0.05) is 30.6 Å². The van der Waals surface area contributed by atoms with Gasteiger partial charge in [0.15, 0.2) is 5.13 Å². The number of aromatic nitrogens is 1. The van der Waals surface area contributed by atoms with Crippen molar-refractivity contribution in [1.29, 1.82) is 0 Å². The highest BCUT2D eigenvalue weighted by atomic mass is 32.1. The molecule has 0 aliphatic heterocycles. The summed E-state index contributed by atoms with van der Waals surface area (Å²) in [6, 6.07) is 3.95. The third-order valence-corrected chi connectivity index (χ3v) is 4.99. The van der Waals surface area contributed by atoms with Crippen LogP contribution in [0.5, 0.6) is 0 Å². The van der Waals surface area contributed by atoms with Gasteiger partial charge in [0.2, 0.25) is 5.91 Å². The molecule has 0 bridgehead atoms. The number of nitrogens with one attached hydrogen (secondary N) is 2. The monoisotopic (exact) mass is 304 g/mol. The molecule has 0 saturated heterocycles. The van der Waals surface area contributed by atoms with Crippen LogP contribution < -0.4 is 16.6 Å². The number of hydrogen-bond acceptors (Lipinski definition) is 5. The Labute approximate surface area is 127 Å². The Morgan fingerprint density at radius 2 is 2.10 bits per heavy atom. The van der Waals surface area contributed by atoms with E-state index in [2.05, 4.69) is 15.7 Å². The number of nitrogens with zero attached hydrogens (tertiary/aromatic N) is 1. The number of hydrazine groups is 1. The topological polar surface area (TPSA) is 80.0 Å². The van der Waals surface area contributed by atoms with E-state index in [1.807, 2.05) is 19.1 Å². The first-order valence-corrected chi connectivity index (χ1v) is 8.17. The lowest BCUT2D eigenvalue weighted by molar-refractivity contribution is -0.120. The third kappa shape index (κ3) is 3.01. The van der Waals surface area contributed by atoms with Crippen molar-refractivity contribution in [3.8, 4) is 0 Å². The van der Waals surface area contributed by atoms with E-state index in [0.717, 1.165) is 47.2 Å². The van der Waals surface area contributed by atoms with E-state index in [1.165, 1.54) is 17.8 Å². The molecule has 0 unspecified atom stereocenters. The molecule has 112 valence electrons. The van der Waals surface area contributed by atoms with Crippen molar-refractivity contribution in [3.63, 3.8) is 0 Å². The third-order valence-electron chi connectivity index (χ3n) is 4.05. The second kappa shape index (κ2) is 5.99. The summed E-state index contributed by atoms with van der Waals surface area (Å²) in [5.74, 6) is 5.72. The van der Waals surface area contributed by atoms with E-state index in [4.69, 9.17) is 5.84 Å². The van der Waals surface area contributed by atoms with Crippen LogP contribution in [0.15, 0.2) is 12.1 Å². The number of anilines is 2. The highest BCUT2D eigenvalue weighted by Crippen LogP contribution is 2.31. The van der Waals surface area contributed by atoms with E-state index in [1.54, 1.807) is 0 Å². The van der Waals surface area contributed by atoms with E-state index < -0.39 is 0 Å². The fraction of sp³-hybridized carbons (Fsp3) is 0.467. The Hall–Kier alpha value is -1.66. The summed E-state index contributed by atoms with van der Waals surface area (Å²) in [4.78, 5) is 16.7. The zero-order valence-corrected chi connectivity index (χ0v) is 12.9. The summed E-state index contributed by atoms with van der Waals surface area (Å²) in [5, 5.41) is 3.74. The minimum atomic E-state index is 0.148. The highest BCUT2D eigenvalue weighted by molar-refractivity contribution is 7.22. The number of rotatable bonds is 3. The molecule has 0 spiro atoms. The number of carbonyl (C=O) groups excluding carboxylic acids is 1. The Kier molecular flexibility index (Phi) is 4.07. The molecule has 1 aromatic heterocycles. The minimum absolute atomic E-state index is 0.148. The predicted molar refractivity (Wildman–Crippen MR) is 87.4 cm³/mol. The predicted octanol–water partition coefficient (Wildman–Crippen LogP) is 3.41. The zero-order chi connectivity index (χ0) is 14.8. The molecule has 3 rings (SSSR count). The van der Waals surface area contributed by atoms with Crippen molar-refractivity contribution >= 4 is 38.3 Å². The molecule has 1 heterocycles. The van der Waals surface area contributed by atoms with Crippen molar-refractivity contribution < 1.29 is 4.79 Å².